The van der Waals surface area contributed by atoms with Crippen LogP contribution in [-0.4, -0.2) is 48.0 Å². The Morgan fingerprint density at radius 2 is 1.61 bits per heavy atom. The van der Waals surface area contributed by atoms with E-state index in [0.29, 0.717) is 18.1 Å². The summed E-state index contributed by atoms with van der Waals surface area (Å²) in [6.07, 6.45) is 0. The van der Waals surface area contributed by atoms with Crippen LogP contribution < -0.4 is 9.47 Å². The number of alkyl halides is 1. The molecule has 2 N–H and O–H groups in total. The summed E-state index contributed by atoms with van der Waals surface area (Å²) in [6.45, 7) is 2.72. The third kappa shape index (κ3) is 4.74. The lowest BCUT2D eigenvalue weighted by atomic mass is 10.0. The number of nitrogens with zero attached hydrogens (tertiary/aromatic N) is 1. The Labute approximate surface area is 195 Å². The molecular weight excluding hydrogens is 441 g/mol. The zero-order valence-electron chi connectivity index (χ0n) is 17.9. The minimum Gasteiger partial charge on any atom is -0.508 e. The lowest BCUT2D eigenvalue weighted by Crippen LogP contribution is -2.49. The lowest BCUT2D eigenvalue weighted by Gasteiger charge is -2.37. The predicted octanol–water partition coefficient (Wildman–Crippen LogP) is 6.05. The number of thiophene rings is 1. The molecule has 0 spiro atoms. The Morgan fingerprint density at radius 3 is 2.33 bits per heavy atom. The van der Waals surface area contributed by atoms with Crippen LogP contribution in [0.4, 0.5) is 4.39 Å². The highest BCUT2D eigenvalue weighted by Gasteiger charge is 2.25. The van der Waals surface area contributed by atoms with Gasteiger partial charge in [0.15, 0.2) is 5.75 Å². The Morgan fingerprint density at radius 1 is 0.909 bits per heavy atom. The SMILES string of the molecule is Oc1ccc(-c2sc3cc(O)ccc3c2Oc2ccc(OCCN3CC(CF)C3)cc2)cc1. The molecule has 0 saturated carbocycles. The van der Waals surface area contributed by atoms with Gasteiger partial charge in [-0.3, -0.25) is 9.29 Å². The van der Waals surface area contributed by atoms with E-state index >= 15 is 0 Å². The summed E-state index contributed by atoms with van der Waals surface area (Å²) in [6, 6.07) is 19.7. The van der Waals surface area contributed by atoms with Gasteiger partial charge in [-0.15, -0.1) is 11.3 Å². The summed E-state index contributed by atoms with van der Waals surface area (Å²) >= 11 is 1.52. The molecule has 5 rings (SSSR count). The fourth-order valence-corrected chi connectivity index (χ4v) is 5.11. The Balaban J connectivity index is 1.32. The zero-order valence-corrected chi connectivity index (χ0v) is 18.7. The Bertz CT molecular complexity index is 1230. The van der Waals surface area contributed by atoms with E-state index in [-0.39, 0.29) is 24.1 Å². The van der Waals surface area contributed by atoms with Crippen molar-refractivity contribution < 1.29 is 24.1 Å². The van der Waals surface area contributed by atoms with E-state index < -0.39 is 0 Å². The summed E-state index contributed by atoms with van der Waals surface area (Å²) < 4.78 is 25.6. The third-order valence-corrected chi connectivity index (χ3v) is 6.91. The number of phenolic OH excluding ortho intramolecular Hbond substituents is 2. The average molecular weight is 466 g/mol. The molecule has 0 bridgehead atoms. The van der Waals surface area contributed by atoms with Crippen molar-refractivity contribution in [1.29, 1.82) is 0 Å². The molecule has 5 nitrogen and oxygen atoms in total. The van der Waals surface area contributed by atoms with E-state index in [4.69, 9.17) is 9.47 Å². The molecule has 0 aliphatic carbocycles. The van der Waals surface area contributed by atoms with Gasteiger partial charge in [-0.2, -0.15) is 0 Å². The largest absolute Gasteiger partial charge is 0.508 e. The van der Waals surface area contributed by atoms with Gasteiger partial charge >= 0.3 is 0 Å². The van der Waals surface area contributed by atoms with Gasteiger partial charge in [0, 0.05) is 35.6 Å². The number of hydrogen-bond donors (Lipinski definition) is 2. The summed E-state index contributed by atoms with van der Waals surface area (Å²) in [7, 11) is 0. The number of rotatable bonds is 8. The first-order valence-corrected chi connectivity index (χ1v) is 11.6. The number of hydrogen-bond acceptors (Lipinski definition) is 6. The molecule has 0 atom stereocenters. The number of fused-ring (bicyclic) bond motifs is 1. The maximum atomic E-state index is 12.5. The molecule has 2 heterocycles. The standard InChI is InChI=1S/C26H24FNO4S/c27-14-17-15-28(16-17)11-12-31-21-6-8-22(9-7-21)32-25-23-10-5-20(30)13-24(23)33-26(25)18-1-3-19(29)4-2-18/h1-10,13,17,29-30H,11-12,14-16H2. The summed E-state index contributed by atoms with van der Waals surface area (Å²) in [5.74, 6) is 2.71. The maximum absolute atomic E-state index is 12.5. The molecule has 1 aliphatic rings. The van der Waals surface area contributed by atoms with Gasteiger partial charge < -0.3 is 19.7 Å². The summed E-state index contributed by atoms with van der Waals surface area (Å²) in [4.78, 5) is 3.10. The fourth-order valence-electron chi connectivity index (χ4n) is 3.94. The highest BCUT2D eigenvalue weighted by Crippen LogP contribution is 2.47. The summed E-state index contributed by atoms with van der Waals surface area (Å²) in [5, 5.41) is 20.5. The number of ether oxygens (including phenoxy) is 2. The van der Waals surface area contributed by atoms with Gasteiger partial charge in [0.05, 0.1) is 11.6 Å². The van der Waals surface area contributed by atoms with E-state index in [9.17, 15) is 14.6 Å². The van der Waals surface area contributed by atoms with Gasteiger partial charge in [-0.25, -0.2) is 0 Å². The van der Waals surface area contributed by atoms with E-state index in [1.807, 2.05) is 42.5 Å². The van der Waals surface area contributed by atoms with Gasteiger partial charge in [0.25, 0.3) is 0 Å². The van der Waals surface area contributed by atoms with Crippen molar-refractivity contribution in [1.82, 2.24) is 4.90 Å². The van der Waals surface area contributed by atoms with Crippen LogP contribution in [0.2, 0.25) is 0 Å². The van der Waals surface area contributed by atoms with E-state index in [1.54, 1.807) is 24.3 Å². The normalized spacial score (nSPS) is 14.3. The molecule has 0 amide bonds. The number of phenols is 2. The molecule has 0 radical (unpaired) electrons. The first-order chi connectivity index (χ1) is 16.1. The van der Waals surface area contributed by atoms with Crippen LogP contribution in [0.1, 0.15) is 0 Å². The second-order valence-corrected chi connectivity index (χ2v) is 9.24. The molecule has 3 aromatic carbocycles. The smallest absolute Gasteiger partial charge is 0.153 e. The molecule has 0 unspecified atom stereocenters. The van der Waals surface area contributed by atoms with Crippen molar-refractivity contribution in [3.63, 3.8) is 0 Å². The van der Waals surface area contributed by atoms with Crippen molar-refractivity contribution in [2.75, 3.05) is 32.9 Å². The molecule has 7 heteroatoms. The fraction of sp³-hybridized carbons (Fsp3) is 0.231. The highest BCUT2D eigenvalue weighted by molar-refractivity contribution is 7.22. The quantitative estimate of drug-likeness (QED) is 0.332. The van der Waals surface area contributed by atoms with Crippen LogP contribution in [0.3, 0.4) is 0 Å². The lowest BCUT2D eigenvalue weighted by molar-refractivity contribution is 0.0668. The van der Waals surface area contributed by atoms with Gasteiger partial charge in [0.2, 0.25) is 0 Å². The summed E-state index contributed by atoms with van der Waals surface area (Å²) in [5.41, 5.74) is 0.921. The molecule has 170 valence electrons. The van der Waals surface area contributed by atoms with Crippen molar-refractivity contribution >= 4 is 21.4 Å². The van der Waals surface area contributed by atoms with Crippen LogP contribution in [0.5, 0.6) is 28.7 Å². The second kappa shape index (κ2) is 9.29. The molecule has 33 heavy (non-hydrogen) atoms. The molecule has 1 saturated heterocycles. The topological polar surface area (TPSA) is 62.2 Å². The van der Waals surface area contributed by atoms with Gasteiger partial charge in [0.1, 0.15) is 29.6 Å². The van der Waals surface area contributed by atoms with E-state index in [2.05, 4.69) is 4.90 Å². The number of aromatic hydroxyl groups is 2. The van der Waals surface area contributed by atoms with E-state index in [1.165, 1.54) is 11.3 Å². The average Bonchev–Trinajstić information content (AvgIpc) is 3.14. The van der Waals surface area contributed by atoms with Crippen LogP contribution >= 0.6 is 11.3 Å². The number of halogens is 1. The minimum absolute atomic E-state index is 0.185. The predicted molar refractivity (Wildman–Crippen MR) is 129 cm³/mol. The first-order valence-electron chi connectivity index (χ1n) is 10.8. The number of likely N-dealkylation sites (tertiary alicyclic amines) is 1. The van der Waals surface area contributed by atoms with Gasteiger partial charge in [-0.05, 0) is 72.3 Å². The van der Waals surface area contributed by atoms with Crippen LogP contribution in [-0.2, 0) is 0 Å². The second-order valence-electron chi connectivity index (χ2n) is 8.19. The molecule has 1 fully saturated rings. The molecule has 4 aromatic rings. The zero-order chi connectivity index (χ0) is 22.8. The van der Waals surface area contributed by atoms with Crippen molar-refractivity contribution in [2.45, 2.75) is 0 Å². The maximum Gasteiger partial charge on any atom is 0.153 e. The van der Waals surface area contributed by atoms with Crippen LogP contribution in [0.15, 0.2) is 66.7 Å². The van der Waals surface area contributed by atoms with E-state index in [0.717, 1.165) is 45.9 Å². The monoisotopic (exact) mass is 465 g/mol. The van der Waals surface area contributed by atoms with Crippen molar-refractivity contribution in [3.8, 4) is 39.2 Å². The van der Waals surface area contributed by atoms with Crippen molar-refractivity contribution in [2.24, 2.45) is 5.92 Å². The number of benzene rings is 3. The van der Waals surface area contributed by atoms with Crippen LogP contribution in [0.25, 0.3) is 20.5 Å². The van der Waals surface area contributed by atoms with Crippen molar-refractivity contribution in [3.05, 3.63) is 66.7 Å². The minimum atomic E-state index is -0.242. The molecule has 1 aromatic heterocycles. The molecule has 1 aliphatic heterocycles. The molecular formula is C26H24FNO4S. The first kappa shape index (κ1) is 21.6. The third-order valence-electron chi connectivity index (χ3n) is 5.73. The Hall–Kier alpha value is -3.29. The van der Waals surface area contributed by atoms with Gasteiger partial charge in [-0.1, -0.05) is 0 Å². The van der Waals surface area contributed by atoms with Crippen LogP contribution in [0, 0.1) is 5.92 Å². The highest BCUT2D eigenvalue weighted by atomic mass is 32.1. The Kier molecular flexibility index (Phi) is 6.07.